The Kier molecular flexibility index (Phi) is 5.04. The first-order chi connectivity index (χ1) is 13.2. The summed E-state index contributed by atoms with van der Waals surface area (Å²) in [6, 6.07) is 11.0. The lowest BCUT2D eigenvalue weighted by Gasteiger charge is -2.27. The quantitative estimate of drug-likeness (QED) is 0.722. The monoisotopic (exact) mass is 383 g/mol. The summed E-state index contributed by atoms with van der Waals surface area (Å²) in [5.41, 5.74) is 2.34. The van der Waals surface area contributed by atoms with Gasteiger partial charge in [0.2, 0.25) is 0 Å². The minimum atomic E-state index is -0.278. The van der Waals surface area contributed by atoms with E-state index >= 15 is 0 Å². The molecule has 1 amide bonds. The zero-order chi connectivity index (χ0) is 18.6. The van der Waals surface area contributed by atoms with Gasteiger partial charge in [-0.25, -0.2) is 4.98 Å². The molecule has 3 aromatic rings. The van der Waals surface area contributed by atoms with E-state index in [1.165, 1.54) is 6.20 Å². The first-order valence-electron chi connectivity index (χ1n) is 8.61. The smallest absolute Gasteiger partial charge is 0.259 e. The van der Waals surface area contributed by atoms with E-state index in [1.54, 1.807) is 12.3 Å². The lowest BCUT2D eigenvalue weighted by atomic mass is 10.1. The number of H-pyrrole nitrogens is 1. The molecule has 2 aromatic heterocycles. The van der Waals surface area contributed by atoms with E-state index < -0.39 is 0 Å². The number of hydrogen-bond acceptors (Lipinski definition) is 5. The van der Waals surface area contributed by atoms with Gasteiger partial charge in [0.15, 0.2) is 0 Å². The minimum absolute atomic E-state index is 0.278. The molecule has 138 valence electrons. The molecule has 0 radical (unpaired) electrons. The molecule has 1 fully saturated rings. The van der Waals surface area contributed by atoms with Crippen molar-refractivity contribution in [3.8, 4) is 11.3 Å². The number of amides is 1. The Hall–Kier alpha value is -2.90. The van der Waals surface area contributed by atoms with E-state index in [9.17, 15) is 4.79 Å². The van der Waals surface area contributed by atoms with Gasteiger partial charge in [-0.3, -0.25) is 9.89 Å². The van der Waals surface area contributed by atoms with E-state index in [4.69, 9.17) is 16.3 Å². The van der Waals surface area contributed by atoms with E-state index in [2.05, 4.69) is 25.4 Å². The number of rotatable bonds is 4. The van der Waals surface area contributed by atoms with Gasteiger partial charge in [0.1, 0.15) is 5.82 Å². The van der Waals surface area contributed by atoms with E-state index in [-0.39, 0.29) is 5.91 Å². The zero-order valence-corrected chi connectivity index (χ0v) is 15.2. The highest BCUT2D eigenvalue weighted by Gasteiger charge is 2.18. The summed E-state index contributed by atoms with van der Waals surface area (Å²) in [4.78, 5) is 19.3. The van der Waals surface area contributed by atoms with Gasteiger partial charge in [-0.05, 0) is 18.2 Å². The number of aromatic nitrogens is 3. The van der Waals surface area contributed by atoms with Crippen LogP contribution in [0.4, 0.5) is 11.5 Å². The summed E-state index contributed by atoms with van der Waals surface area (Å²) < 4.78 is 5.35. The van der Waals surface area contributed by atoms with Crippen LogP contribution in [0.5, 0.6) is 0 Å². The van der Waals surface area contributed by atoms with Crippen molar-refractivity contribution in [2.45, 2.75) is 0 Å². The number of nitrogens with zero attached hydrogens (tertiary/aromatic N) is 3. The highest BCUT2D eigenvalue weighted by Crippen LogP contribution is 2.29. The fourth-order valence-electron chi connectivity index (χ4n) is 2.97. The maximum Gasteiger partial charge on any atom is 0.259 e. The summed E-state index contributed by atoms with van der Waals surface area (Å²) in [6.07, 6.45) is 3.14. The number of hydrogen-bond donors (Lipinski definition) is 2. The summed E-state index contributed by atoms with van der Waals surface area (Å²) in [5, 5.41) is 10.3. The average molecular weight is 384 g/mol. The number of halogens is 1. The molecule has 1 aliphatic heterocycles. The van der Waals surface area contributed by atoms with Crippen LogP contribution < -0.4 is 10.2 Å². The van der Waals surface area contributed by atoms with Crippen molar-refractivity contribution in [2.75, 3.05) is 36.5 Å². The molecule has 3 heterocycles. The molecule has 0 unspecified atom stereocenters. The van der Waals surface area contributed by atoms with E-state index in [1.807, 2.05) is 30.3 Å². The second-order valence-corrected chi connectivity index (χ2v) is 6.50. The fourth-order valence-corrected chi connectivity index (χ4v) is 3.20. The summed E-state index contributed by atoms with van der Waals surface area (Å²) in [6.45, 7) is 3.03. The first kappa shape index (κ1) is 17.5. The summed E-state index contributed by atoms with van der Waals surface area (Å²) in [5.74, 6) is 0.593. The predicted molar refractivity (Wildman–Crippen MR) is 104 cm³/mol. The van der Waals surface area contributed by atoms with Crippen LogP contribution in [-0.2, 0) is 4.74 Å². The Labute approximate surface area is 161 Å². The van der Waals surface area contributed by atoms with Crippen LogP contribution in [0.25, 0.3) is 11.3 Å². The number of pyridine rings is 1. The second kappa shape index (κ2) is 7.77. The maximum absolute atomic E-state index is 12.7. The Morgan fingerprint density at radius 3 is 2.70 bits per heavy atom. The lowest BCUT2D eigenvalue weighted by Crippen LogP contribution is -2.36. The molecule has 0 bridgehead atoms. The Bertz CT molecular complexity index is 935. The zero-order valence-electron chi connectivity index (χ0n) is 14.5. The second-order valence-electron chi connectivity index (χ2n) is 6.10. The molecule has 1 saturated heterocycles. The molecular formula is C19H18ClN5O2. The van der Waals surface area contributed by atoms with Gasteiger partial charge in [-0.15, -0.1) is 0 Å². The van der Waals surface area contributed by atoms with Crippen LogP contribution >= 0.6 is 11.6 Å². The lowest BCUT2D eigenvalue weighted by molar-refractivity contribution is 0.102. The number of carbonyl (C=O) groups excluding carboxylic acids is 1. The predicted octanol–water partition coefficient (Wildman–Crippen LogP) is 3.21. The largest absolute Gasteiger partial charge is 0.378 e. The van der Waals surface area contributed by atoms with Crippen LogP contribution in [0, 0.1) is 0 Å². The van der Waals surface area contributed by atoms with E-state index in [0.717, 1.165) is 24.5 Å². The number of nitrogens with one attached hydrogen (secondary N) is 2. The molecule has 0 spiro atoms. The van der Waals surface area contributed by atoms with Crippen molar-refractivity contribution in [3.05, 3.63) is 59.4 Å². The molecule has 1 aromatic carbocycles. The van der Waals surface area contributed by atoms with E-state index in [0.29, 0.717) is 35.2 Å². The number of morpholine rings is 1. The van der Waals surface area contributed by atoms with Gasteiger partial charge < -0.3 is 15.0 Å². The maximum atomic E-state index is 12.7. The molecule has 4 rings (SSSR count). The normalized spacial score (nSPS) is 14.2. The summed E-state index contributed by atoms with van der Waals surface area (Å²) in [7, 11) is 0. The van der Waals surface area contributed by atoms with Crippen molar-refractivity contribution in [1.82, 2.24) is 15.2 Å². The number of anilines is 2. The van der Waals surface area contributed by atoms with Gasteiger partial charge in [0.05, 0.1) is 42.6 Å². The molecule has 7 nitrogen and oxygen atoms in total. The standard InChI is InChI=1S/C19H18ClN5O2/c20-16-4-2-1-3-14(16)18-15(12-22-24-18)19(26)23-13-5-6-17(21-11-13)25-7-9-27-10-8-25/h1-6,11-12H,7-10H2,(H,22,24)(H,23,26). The SMILES string of the molecule is O=C(Nc1ccc(N2CCOCC2)nc1)c1cn[nH]c1-c1ccccc1Cl. The van der Waals surface area contributed by atoms with Crippen LogP contribution in [0.1, 0.15) is 10.4 Å². The van der Waals surface area contributed by atoms with Gasteiger partial charge in [-0.2, -0.15) is 5.10 Å². The minimum Gasteiger partial charge on any atom is -0.378 e. The number of aromatic amines is 1. The average Bonchev–Trinajstić information content (AvgIpc) is 3.19. The molecule has 2 N–H and O–H groups in total. The van der Waals surface area contributed by atoms with Gasteiger partial charge >= 0.3 is 0 Å². The molecule has 27 heavy (non-hydrogen) atoms. The molecule has 0 aliphatic carbocycles. The topological polar surface area (TPSA) is 83.1 Å². The van der Waals surface area contributed by atoms with Gasteiger partial charge in [0, 0.05) is 23.7 Å². The van der Waals surface area contributed by atoms with Gasteiger partial charge in [0.25, 0.3) is 5.91 Å². The van der Waals surface area contributed by atoms with Crippen molar-refractivity contribution in [2.24, 2.45) is 0 Å². The Morgan fingerprint density at radius 2 is 1.96 bits per heavy atom. The third-order valence-corrected chi connectivity index (χ3v) is 4.70. The number of ether oxygens (including phenoxy) is 1. The molecule has 0 atom stereocenters. The van der Waals surface area contributed by atoms with Gasteiger partial charge in [-0.1, -0.05) is 29.8 Å². The molecule has 0 saturated carbocycles. The fraction of sp³-hybridized carbons (Fsp3) is 0.211. The number of carbonyl (C=O) groups is 1. The van der Waals surface area contributed by atoms with Crippen molar-refractivity contribution in [3.63, 3.8) is 0 Å². The third-order valence-electron chi connectivity index (χ3n) is 4.37. The van der Waals surface area contributed by atoms with Crippen LogP contribution in [-0.4, -0.2) is 47.4 Å². The molecule has 1 aliphatic rings. The van der Waals surface area contributed by atoms with Crippen molar-refractivity contribution in [1.29, 1.82) is 0 Å². The van der Waals surface area contributed by atoms with Crippen molar-refractivity contribution >= 4 is 29.0 Å². The Morgan fingerprint density at radius 1 is 1.15 bits per heavy atom. The number of benzene rings is 1. The highest BCUT2D eigenvalue weighted by atomic mass is 35.5. The molecule has 8 heteroatoms. The summed E-state index contributed by atoms with van der Waals surface area (Å²) >= 11 is 6.24. The third kappa shape index (κ3) is 3.79. The highest BCUT2D eigenvalue weighted by molar-refractivity contribution is 6.33. The molecular weight excluding hydrogens is 366 g/mol. The van der Waals surface area contributed by atoms with Crippen LogP contribution in [0.3, 0.4) is 0 Å². The Balaban J connectivity index is 1.50. The van der Waals surface area contributed by atoms with Crippen LogP contribution in [0.2, 0.25) is 5.02 Å². The van der Waals surface area contributed by atoms with Crippen LogP contribution in [0.15, 0.2) is 48.8 Å². The first-order valence-corrected chi connectivity index (χ1v) is 8.98. The van der Waals surface area contributed by atoms with Crippen molar-refractivity contribution < 1.29 is 9.53 Å².